The predicted octanol–water partition coefficient (Wildman–Crippen LogP) is 3.74. The van der Waals surface area contributed by atoms with Gasteiger partial charge in [-0.1, -0.05) is 17.9 Å². The first kappa shape index (κ1) is 13.2. The van der Waals surface area contributed by atoms with Gasteiger partial charge in [0.05, 0.1) is 5.69 Å². The summed E-state index contributed by atoms with van der Waals surface area (Å²) in [4.78, 5) is 11.1. The van der Waals surface area contributed by atoms with Crippen LogP contribution in [0.2, 0.25) is 0 Å². The second-order valence-electron chi connectivity index (χ2n) is 3.34. The van der Waals surface area contributed by atoms with Gasteiger partial charge in [-0.2, -0.15) is 0 Å². The Labute approximate surface area is 117 Å². The molecule has 0 aliphatic heterocycles. The molecule has 0 fully saturated rings. The third-order valence-corrected chi connectivity index (χ3v) is 2.97. The summed E-state index contributed by atoms with van der Waals surface area (Å²) >= 11 is 6.12. The molecule has 1 aromatic carbocycles. The van der Waals surface area contributed by atoms with Gasteiger partial charge in [0.15, 0.2) is 3.95 Å². The summed E-state index contributed by atoms with van der Waals surface area (Å²) in [5.74, 6) is -0.259. The smallest absolute Gasteiger partial charge is 0.250 e. The Morgan fingerprint density at radius 2 is 2.16 bits per heavy atom. The van der Waals surface area contributed by atoms with Crippen molar-refractivity contribution in [3.63, 3.8) is 0 Å². The monoisotopic (exact) mass is 291 g/mol. The van der Waals surface area contributed by atoms with Gasteiger partial charge in [0.1, 0.15) is 0 Å². The Balaban J connectivity index is 2.06. The Morgan fingerprint density at radius 3 is 2.74 bits per heavy atom. The highest BCUT2D eigenvalue weighted by molar-refractivity contribution is 7.73. The SMILES string of the molecule is C=CC(=O)Nc1ccc(N=Nc2n[nH]c(=S)s2)cc1. The fourth-order valence-corrected chi connectivity index (χ4v) is 1.87. The number of rotatable bonds is 4. The molecule has 0 radical (unpaired) electrons. The number of azo groups is 1. The molecule has 1 aromatic heterocycles. The van der Waals surface area contributed by atoms with Gasteiger partial charge in [-0.3, -0.25) is 9.89 Å². The highest BCUT2D eigenvalue weighted by Gasteiger charge is 1.98. The average Bonchev–Trinajstić information content (AvgIpc) is 2.83. The Morgan fingerprint density at radius 1 is 1.42 bits per heavy atom. The third kappa shape index (κ3) is 3.90. The molecule has 0 saturated carbocycles. The topological polar surface area (TPSA) is 82.5 Å². The van der Waals surface area contributed by atoms with E-state index >= 15 is 0 Å². The Kier molecular flexibility index (Phi) is 4.26. The third-order valence-electron chi connectivity index (χ3n) is 2.00. The molecule has 6 nitrogen and oxygen atoms in total. The van der Waals surface area contributed by atoms with Crippen LogP contribution in [-0.2, 0) is 4.79 Å². The van der Waals surface area contributed by atoms with Crippen molar-refractivity contribution in [2.75, 3.05) is 5.32 Å². The molecule has 0 spiro atoms. The van der Waals surface area contributed by atoms with Crippen LogP contribution in [0.4, 0.5) is 16.5 Å². The molecule has 2 rings (SSSR count). The normalized spacial score (nSPS) is 10.5. The lowest BCUT2D eigenvalue weighted by Gasteiger charge is -2.01. The van der Waals surface area contributed by atoms with Crippen LogP contribution in [0.1, 0.15) is 0 Å². The summed E-state index contributed by atoms with van der Waals surface area (Å²) in [5, 5.41) is 17.5. The van der Waals surface area contributed by atoms with Crippen molar-refractivity contribution in [3.05, 3.63) is 40.9 Å². The molecule has 2 aromatic rings. The number of aromatic nitrogens is 2. The van der Waals surface area contributed by atoms with E-state index in [0.29, 0.717) is 20.5 Å². The van der Waals surface area contributed by atoms with Crippen molar-refractivity contribution in [3.8, 4) is 0 Å². The number of benzene rings is 1. The fourth-order valence-electron chi connectivity index (χ4n) is 1.17. The Bertz CT molecular complexity index is 671. The fraction of sp³-hybridized carbons (Fsp3) is 0. The zero-order valence-electron chi connectivity index (χ0n) is 9.66. The molecule has 8 heteroatoms. The molecule has 0 unspecified atom stereocenters. The first-order valence-electron chi connectivity index (χ1n) is 5.18. The van der Waals surface area contributed by atoms with E-state index in [1.165, 1.54) is 17.4 Å². The number of nitrogens with zero attached hydrogens (tertiary/aromatic N) is 3. The largest absolute Gasteiger partial charge is 0.323 e. The van der Waals surface area contributed by atoms with Crippen LogP contribution in [-0.4, -0.2) is 16.1 Å². The van der Waals surface area contributed by atoms with Crippen LogP contribution in [0, 0.1) is 3.95 Å². The van der Waals surface area contributed by atoms with Crippen molar-refractivity contribution in [2.45, 2.75) is 0 Å². The zero-order chi connectivity index (χ0) is 13.7. The molecular weight excluding hydrogens is 282 g/mol. The van der Waals surface area contributed by atoms with Crippen molar-refractivity contribution in [1.29, 1.82) is 0 Å². The molecular formula is C11H9N5OS2. The number of amides is 1. The lowest BCUT2D eigenvalue weighted by atomic mass is 10.3. The van der Waals surface area contributed by atoms with Crippen molar-refractivity contribution in [2.24, 2.45) is 10.2 Å². The highest BCUT2D eigenvalue weighted by Crippen LogP contribution is 2.21. The van der Waals surface area contributed by atoms with Crippen LogP contribution < -0.4 is 5.32 Å². The summed E-state index contributed by atoms with van der Waals surface area (Å²) in [6, 6.07) is 6.91. The van der Waals surface area contributed by atoms with Gasteiger partial charge >= 0.3 is 0 Å². The van der Waals surface area contributed by atoms with Gasteiger partial charge in [0.2, 0.25) is 11.0 Å². The molecule has 0 bridgehead atoms. The van der Waals surface area contributed by atoms with E-state index in [-0.39, 0.29) is 5.91 Å². The Hall–Kier alpha value is -2.19. The number of carbonyl (C=O) groups excluding carboxylic acids is 1. The summed E-state index contributed by atoms with van der Waals surface area (Å²) in [7, 11) is 0. The maximum absolute atomic E-state index is 11.1. The van der Waals surface area contributed by atoms with E-state index in [0.717, 1.165) is 0 Å². The van der Waals surface area contributed by atoms with Gasteiger partial charge in [0, 0.05) is 5.69 Å². The van der Waals surface area contributed by atoms with E-state index in [1.807, 2.05) is 0 Å². The van der Waals surface area contributed by atoms with Gasteiger partial charge < -0.3 is 5.32 Å². The molecule has 0 aliphatic carbocycles. The maximum Gasteiger partial charge on any atom is 0.250 e. The lowest BCUT2D eigenvalue weighted by molar-refractivity contribution is -0.111. The van der Waals surface area contributed by atoms with Gasteiger partial charge in [-0.15, -0.1) is 15.3 Å². The number of hydrogen-bond donors (Lipinski definition) is 2. The van der Waals surface area contributed by atoms with E-state index in [1.54, 1.807) is 24.3 Å². The quantitative estimate of drug-likeness (QED) is 0.511. The molecule has 96 valence electrons. The summed E-state index contributed by atoms with van der Waals surface area (Å²) < 4.78 is 0.552. The van der Waals surface area contributed by atoms with Crippen LogP contribution >= 0.6 is 23.6 Å². The van der Waals surface area contributed by atoms with Crippen LogP contribution in [0.3, 0.4) is 0 Å². The van der Waals surface area contributed by atoms with Gasteiger partial charge in [0.25, 0.3) is 0 Å². The number of carbonyl (C=O) groups is 1. The zero-order valence-corrected chi connectivity index (χ0v) is 11.3. The second-order valence-corrected chi connectivity index (χ2v) is 4.98. The minimum Gasteiger partial charge on any atom is -0.323 e. The molecule has 0 atom stereocenters. The van der Waals surface area contributed by atoms with Gasteiger partial charge in [-0.25, -0.2) is 0 Å². The van der Waals surface area contributed by atoms with Crippen molar-refractivity contribution < 1.29 is 4.79 Å². The van der Waals surface area contributed by atoms with E-state index in [9.17, 15) is 4.79 Å². The minimum absolute atomic E-state index is 0.259. The van der Waals surface area contributed by atoms with Crippen LogP contribution in [0.15, 0.2) is 47.1 Å². The van der Waals surface area contributed by atoms with E-state index < -0.39 is 0 Å². The molecule has 1 heterocycles. The molecule has 2 N–H and O–H groups in total. The molecule has 1 amide bonds. The summed E-state index contributed by atoms with van der Waals surface area (Å²) in [6.07, 6.45) is 1.21. The second kappa shape index (κ2) is 6.12. The van der Waals surface area contributed by atoms with Crippen molar-refractivity contribution in [1.82, 2.24) is 10.2 Å². The standard InChI is InChI=1S/C11H9N5OS2/c1-2-9(17)12-7-3-5-8(6-4-7)13-14-10-15-16-11(18)19-10/h2-6H,1H2,(H,12,17)(H,16,18). The maximum atomic E-state index is 11.1. The molecule has 0 saturated heterocycles. The number of aromatic amines is 1. The van der Waals surface area contributed by atoms with Gasteiger partial charge in [-0.05, 0) is 42.6 Å². The number of anilines is 1. The highest BCUT2D eigenvalue weighted by atomic mass is 32.1. The van der Waals surface area contributed by atoms with Crippen molar-refractivity contribution >= 4 is 46.0 Å². The first-order valence-corrected chi connectivity index (χ1v) is 6.40. The molecule has 0 aliphatic rings. The first-order chi connectivity index (χ1) is 9.17. The lowest BCUT2D eigenvalue weighted by Crippen LogP contribution is -2.06. The number of nitrogens with one attached hydrogen (secondary N) is 2. The van der Waals surface area contributed by atoms with Crippen LogP contribution in [0.25, 0.3) is 0 Å². The molecule has 19 heavy (non-hydrogen) atoms. The van der Waals surface area contributed by atoms with E-state index in [2.05, 4.69) is 32.3 Å². The average molecular weight is 291 g/mol. The summed E-state index contributed by atoms with van der Waals surface area (Å²) in [6.45, 7) is 3.38. The summed E-state index contributed by atoms with van der Waals surface area (Å²) in [5.41, 5.74) is 1.32. The van der Waals surface area contributed by atoms with E-state index in [4.69, 9.17) is 12.2 Å². The minimum atomic E-state index is -0.259. The predicted molar refractivity (Wildman–Crippen MR) is 76.7 cm³/mol. The van der Waals surface area contributed by atoms with Crippen LogP contribution in [0.5, 0.6) is 0 Å². The number of H-pyrrole nitrogens is 1. The number of hydrogen-bond acceptors (Lipinski definition) is 6.